The van der Waals surface area contributed by atoms with E-state index in [9.17, 15) is 4.79 Å². The lowest BCUT2D eigenvalue weighted by Crippen LogP contribution is -2.36. The maximum atomic E-state index is 11.8. The molecule has 0 aromatic heterocycles. The third kappa shape index (κ3) is 7.73. The number of hydrogen-bond donors (Lipinski definition) is 3. The highest BCUT2D eigenvalue weighted by Crippen LogP contribution is 2.34. The summed E-state index contributed by atoms with van der Waals surface area (Å²) in [4.78, 5) is 11.8. The molecule has 0 aliphatic carbocycles. The van der Waals surface area contributed by atoms with Crippen LogP contribution < -0.4 is 16.0 Å². The zero-order valence-corrected chi connectivity index (χ0v) is 16.6. The van der Waals surface area contributed by atoms with Gasteiger partial charge in [-0.3, -0.25) is 4.79 Å². The minimum absolute atomic E-state index is 0.107. The van der Waals surface area contributed by atoms with Crippen LogP contribution in [-0.2, 0) is 19.0 Å². The van der Waals surface area contributed by atoms with Crippen LogP contribution in [0.25, 0.3) is 0 Å². The van der Waals surface area contributed by atoms with Gasteiger partial charge in [0.05, 0.1) is 50.9 Å². The minimum atomic E-state index is 0.107. The number of fused-ring (bicyclic) bond motifs is 1. The summed E-state index contributed by atoms with van der Waals surface area (Å²) in [7, 11) is 1.65. The molecule has 2 aliphatic heterocycles. The van der Waals surface area contributed by atoms with Crippen molar-refractivity contribution in [1.82, 2.24) is 16.0 Å². The fraction of sp³-hybridized carbons (Fsp3) is 0.833. The van der Waals surface area contributed by atoms with Crippen molar-refractivity contribution in [1.29, 1.82) is 0 Å². The quantitative estimate of drug-likeness (QED) is 0.382. The van der Waals surface area contributed by atoms with Crippen molar-refractivity contribution in [3.8, 4) is 0 Å². The second-order valence-electron chi connectivity index (χ2n) is 6.58. The highest BCUT2D eigenvalue weighted by atomic mass is 32.2. The maximum absolute atomic E-state index is 11.8. The molecule has 2 aliphatic rings. The molecule has 1 amide bonds. The topological polar surface area (TPSA) is 80.9 Å². The van der Waals surface area contributed by atoms with Crippen LogP contribution in [0, 0.1) is 0 Å². The van der Waals surface area contributed by atoms with E-state index in [2.05, 4.69) is 22.5 Å². The number of nitrogens with one attached hydrogen (secondary N) is 3. The number of amides is 1. The van der Waals surface area contributed by atoms with Gasteiger partial charge < -0.3 is 30.2 Å². The molecule has 0 spiro atoms. The van der Waals surface area contributed by atoms with Gasteiger partial charge in [0.25, 0.3) is 0 Å². The maximum Gasteiger partial charge on any atom is 0.220 e. The highest BCUT2D eigenvalue weighted by Gasteiger charge is 2.40. The van der Waals surface area contributed by atoms with Crippen molar-refractivity contribution in [2.24, 2.45) is 0 Å². The summed E-state index contributed by atoms with van der Waals surface area (Å²) < 4.78 is 15.6. The molecule has 2 fully saturated rings. The number of methoxy groups -OCH3 is 1. The van der Waals surface area contributed by atoms with Crippen molar-refractivity contribution in [2.75, 3.05) is 52.4 Å². The highest BCUT2D eigenvalue weighted by molar-refractivity contribution is 8.00. The van der Waals surface area contributed by atoms with Gasteiger partial charge in [-0.2, -0.15) is 11.8 Å². The molecular weight excluding hydrogens is 354 g/mol. The third-order valence-electron chi connectivity index (χ3n) is 4.54. The van der Waals surface area contributed by atoms with E-state index in [0.29, 0.717) is 63.3 Å². The number of hydrogen-bond acceptors (Lipinski definition) is 7. The lowest BCUT2D eigenvalue weighted by molar-refractivity contribution is -0.121. The summed E-state index contributed by atoms with van der Waals surface area (Å²) in [5.74, 6) is 2.20. The average Bonchev–Trinajstić information content (AvgIpc) is 3.16. The number of thioether (sulfide) groups is 1. The van der Waals surface area contributed by atoms with Crippen molar-refractivity contribution in [3.63, 3.8) is 0 Å². The lowest BCUT2D eigenvalue weighted by Gasteiger charge is -2.17. The summed E-state index contributed by atoms with van der Waals surface area (Å²) in [6.07, 6.45) is 3.75. The smallest absolute Gasteiger partial charge is 0.220 e. The van der Waals surface area contributed by atoms with Gasteiger partial charge in [-0.1, -0.05) is 13.0 Å². The van der Waals surface area contributed by atoms with Crippen LogP contribution in [0.15, 0.2) is 12.4 Å². The Morgan fingerprint density at radius 2 is 1.96 bits per heavy atom. The average molecular weight is 388 g/mol. The Balaban J connectivity index is 1.38. The van der Waals surface area contributed by atoms with E-state index >= 15 is 0 Å². The molecule has 0 aromatic rings. The van der Waals surface area contributed by atoms with Crippen molar-refractivity contribution in [2.45, 2.75) is 43.0 Å². The molecule has 2 heterocycles. The molecule has 26 heavy (non-hydrogen) atoms. The van der Waals surface area contributed by atoms with Crippen LogP contribution in [0.5, 0.6) is 0 Å². The number of rotatable bonds is 14. The summed E-state index contributed by atoms with van der Waals surface area (Å²) in [6, 6.07) is 1.02. The molecule has 3 N–H and O–H groups in total. The summed E-state index contributed by atoms with van der Waals surface area (Å²) in [5.41, 5.74) is 0. The molecule has 0 aromatic carbocycles. The van der Waals surface area contributed by atoms with Gasteiger partial charge in [-0.25, -0.2) is 0 Å². The van der Waals surface area contributed by atoms with Crippen LogP contribution in [0.4, 0.5) is 0 Å². The Bertz CT molecular complexity index is 439. The Labute approximate surface area is 161 Å². The summed E-state index contributed by atoms with van der Waals surface area (Å²) in [6.45, 7) is 7.29. The first-order valence-electron chi connectivity index (χ1n) is 9.45. The van der Waals surface area contributed by atoms with Gasteiger partial charge in [-0.15, -0.1) is 0 Å². The van der Waals surface area contributed by atoms with Crippen LogP contribution >= 0.6 is 11.8 Å². The van der Waals surface area contributed by atoms with E-state index in [-0.39, 0.29) is 5.91 Å². The normalized spacial score (nSPS) is 24.2. The first-order chi connectivity index (χ1) is 12.7. The van der Waals surface area contributed by atoms with Crippen LogP contribution in [-0.4, -0.2) is 75.7 Å². The standard InChI is InChI=1S/C18H33N3O4S/c1-14-20-15-13-26-16(18(15)21-14)5-3-4-6-17(22)19-7-8-24-11-12-25-10-9-23-2/h15-16,18,20-21H,1,3-13H2,2H3,(H,19,22)/t15-,16-,18-/m0/s1. The second-order valence-corrected chi connectivity index (χ2v) is 7.86. The van der Waals surface area contributed by atoms with E-state index in [1.807, 2.05) is 11.8 Å². The minimum Gasteiger partial charge on any atom is -0.382 e. The molecule has 0 radical (unpaired) electrons. The fourth-order valence-electron chi connectivity index (χ4n) is 3.19. The molecule has 3 atom stereocenters. The SMILES string of the molecule is C=C1N[C@H]2[C@H](CS[C@H]2CCCCC(=O)NCCOCCOCCOC)N1. The monoisotopic (exact) mass is 387 g/mol. The van der Waals surface area contributed by atoms with Crippen LogP contribution in [0.3, 0.4) is 0 Å². The van der Waals surface area contributed by atoms with Crippen LogP contribution in [0.1, 0.15) is 25.7 Å². The molecule has 0 unspecified atom stereocenters. The van der Waals surface area contributed by atoms with Crippen molar-refractivity contribution >= 4 is 17.7 Å². The van der Waals surface area contributed by atoms with E-state index in [0.717, 1.165) is 30.8 Å². The lowest BCUT2D eigenvalue weighted by atomic mass is 10.0. The number of ether oxygens (including phenoxy) is 3. The first-order valence-corrected chi connectivity index (χ1v) is 10.5. The van der Waals surface area contributed by atoms with E-state index in [1.54, 1.807) is 7.11 Å². The molecule has 0 saturated carbocycles. The first kappa shape index (κ1) is 21.3. The summed E-state index contributed by atoms with van der Waals surface area (Å²) in [5, 5.41) is 10.3. The van der Waals surface area contributed by atoms with E-state index < -0.39 is 0 Å². The Hall–Kier alpha value is -0.960. The molecule has 2 saturated heterocycles. The van der Waals surface area contributed by atoms with Crippen LogP contribution in [0.2, 0.25) is 0 Å². The molecule has 8 heteroatoms. The largest absolute Gasteiger partial charge is 0.382 e. The van der Waals surface area contributed by atoms with Gasteiger partial charge in [0.15, 0.2) is 0 Å². The van der Waals surface area contributed by atoms with Gasteiger partial charge in [0, 0.05) is 31.1 Å². The molecule has 2 rings (SSSR count). The fourth-order valence-corrected chi connectivity index (χ4v) is 4.74. The third-order valence-corrected chi connectivity index (χ3v) is 6.05. The zero-order chi connectivity index (χ0) is 18.6. The number of carbonyl (C=O) groups is 1. The predicted molar refractivity (Wildman–Crippen MR) is 104 cm³/mol. The molecule has 7 nitrogen and oxygen atoms in total. The van der Waals surface area contributed by atoms with Gasteiger partial charge in [0.1, 0.15) is 0 Å². The molecule has 150 valence electrons. The number of carbonyl (C=O) groups excluding carboxylic acids is 1. The van der Waals surface area contributed by atoms with E-state index in [1.165, 1.54) is 0 Å². The number of unbranched alkanes of at least 4 members (excludes halogenated alkanes) is 1. The van der Waals surface area contributed by atoms with Crippen molar-refractivity contribution < 1.29 is 19.0 Å². The zero-order valence-electron chi connectivity index (χ0n) is 15.8. The predicted octanol–water partition coefficient (Wildman–Crippen LogP) is 0.859. The van der Waals surface area contributed by atoms with Gasteiger partial charge in [-0.05, 0) is 12.8 Å². The van der Waals surface area contributed by atoms with Gasteiger partial charge >= 0.3 is 0 Å². The molecular formula is C18H33N3O4S. The Kier molecular flexibility index (Phi) is 10.2. The Morgan fingerprint density at radius 1 is 1.19 bits per heavy atom. The summed E-state index contributed by atoms with van der Waals surface area (Å²) >= 11 is 2.02. The molecule has 0 bridgehead atoms. The van der Waals surface area contributed by atoms with E-state index in [4.69, 9.17) is 14.2 Å². The Morgan fingerprint density at radius 3 is 2.77 bits per heavy atom. The van der Waals surface area contributed by atoms with Crippen molar-refractivity contribution in [3.05, 3.63) is 12.4 Å². The second kappa shape index (κ2) is 12.4. The van der Waals surface area contributed by atoms with Gasteiger partial charge in [0.2, 0.25) is 5.91 Å².